The molecule has 10 nitrogen and oxygen atoms in total. The minimum absolute atomic E-state index is 0.117. The molecular weight excluding hydrogens is 545 g/mol. The summed E-state index contributed by atoms with van der Waals surface area (Å²) in [6.07, 6.45) is 5.30. The lowest BCUT2D eigenvalue weighted by atomic mass is 9.92. The number of amides is 3. The summed E-state index contributed by atoms with van der Waals surface area (Å²) < 4.78 is 30.7. The maximum Gasteiger partial charge on any atom is 0.243 e. The van der Waals surface area contributed by atoms with Crippen molar-refractivity contribution in [2.24, 2.45) is 0 Å². The lowest BCUT2D eigenvalue weighted by molar-refractivity contribution is -0.134. The number of allylic oxidation sites excluding steroid dienone is 1. The van der Waals surface area contributed by atoms with E-state index < -0.39 is 47.1 Å². The number of alkyl halides is 1. The standard InChI is InChI=1S/C31H42FN3O7/c1-20(33-26(36)18-31(32)12-14-41-15-13-31)28(38)35-25(17-22-8-10-23(40-3)11-9-22)29(39)34-24(16-21-6-4-5-7-21)27(37)30(2)19-42-30/h6,8-11,20,24-25H,4-5,7,12-19H2,1-3H3,(H,33,36)(H,34,39)(H,35,38)/t20-,24-,25-,30+/m0/s1. The molecule has 2 aliphatic heterocycles. The van der Waals surface area contributed by atoms with E-state index in [1.165, 1.54) is 6.92 Å². The maximum absolute atomic E-state index is 15.0. The Morgan fingerprint density at radius 2 is 1.67 bits per heavy atom. The Morgan fingerprint density at radius 3 is 2.26 bits per heavy atom. The van der Waals surface area contributed by atoms with Crippen molar-refractivity contribution in [3.05, 3.63) is 41.5 Å². The van der Waals surface area contributed by atoms with E-state index in [1.54, 1.807) is 38.3 Å². The fourth-order valence-corrected chi connectivity index (χ4v) is 5.35. The van der Waals surface area contributed by atoms with Gasteiger partial charge in [-0.15, -0.1) is 0 Å². The van der Waals surface area contributed by atoms with Crippen molar-refractivity contribution in [1.82, 2.24) is 16.0 Å². The third-order valence-corrected chi connectivity index (χ3v) is 8.20. The van der Waals surface area contributed by atoms with Crippen molar-refractivity contribution >= 4 is 23.5 Å². The van der Waals surface area contributed by atoms with Crippen LogP contribution in [-0.4, -0.2) is 79.8 Å². The zero-order valence-electron chi connectivity index (χ0n) is 24.6. The quantitative estimate of drug-likeness (QED) is 0.225. The van der Waals surface area contributed by atoms with E-state index in [9.17, 15) is 23.6 Å². The van der Waals surface area contributed by atoms with Crippen LogP contribution in [0, 0.1) is 0 Å². The highest BCUT2D eigenvalue weighted by Gasteiger charge is 2.50. The number of halogens is 1. The molecule has 230 valence electrons. The lowest BCUT2D eigenvalue weighted by Crippen LogP contribution is -2.57. The summed E-state index contributed by atoms with van der Waals surface area (Å²) in [5.41, 5.74) is -0.734. The first-order valence-corrected chi connectivity index (χ1v) is 14.7. The highest BCUT2D eigenvalue weighted by atomic mass is 19.1. The van der Waals surface area contributed by atoms with E-state index in [-0.39, 0.29) is 44.7 Å². The van der Waals surface area contributed by atoms with Crippen LogP contribution in [0.5, 0.6) is 5.75 Å². The topological polar surface area (TPSA) is 135 Å². The third-order valence-electron chi connectivity index (χ3n) is 8.20. The molecule has 3 amide bonds. The molecule has 0 aromatic heterocycles. The van der Waals surface area contributed by atoms with E-state index >= 15 is 0 Å². The molecule has 4 rings (SSSR count). The molecule has 11 heteroatoms. The van der Waals surface area contributed by atoms with Gasteiger partial charge < -0.3 is 30.2 Å². The van der Waals surface area contributed by atoms with Crippen LogP contribution in [0.25, 0.3) is 0 Å². The van der Waals surface area contributed by atoms with Gasteiger partial charge in [-0.2, -0.15) is 0 Å². The second kappa shape index (κ2) is 13.8. The Bertz CT molecular complexity index is 1180. The summed E-state index contributed by atoms with van der Waals surface area (Å²) in [6, 6.07) is 4.21. The summed E-state index contributed by atoms with van der Waals surface area (Å²) in [7, 11) is 1.55. The SMILES string of the molecule is COc1ccc(C[C@H](NC(=O)[C@H](C)NC(=O)CC2(F)CCOCC2)C(=O)N[C@@H](CC2=CCCC2)C(=O)[C@@]2(C)CO2)cc1. The van der Waals surface area contributed by atoms with E-state index in [4.69, 9.17) is 14.2 Å². The van der Waals surface area contributed by atoms with Gasteiger partial charge in [0.15, 0.2) is 5.78 Å². The van der Waals surface area contributed by atoms with Crippen molar-refractivity contribution in [3.8, 4) is 5.75 Å². The van der Waals surface area contributed by atoms with Gasteiger partial charge in [0, 0.05) is 32.5 Å². The van der Waals surface area contributed by atoms with Crippen molar-refractivity contribution in [1.29, 1.82) is 0 Å². The summed E-state index contributed by atoms with van der Waals surface area (Å²) in [4.78, 5) is 52.7. The highest BCUT2D eigenvalue weighted by Crippen LogP contribution is 2.31. The molecule has 3 aliphatic rings. The first kappa shape index (κ1) is 31.6. The van der Waals surface area contributed by atoms with Gasteiger partial charge in [0.25, 0.3) is 0 Å². The number of epoxide rings is 1. The summed E-state index contributed by atoms with van der Waals surface area (Å²) >= 11 is 0. The molecule has 0 bridgehead atoms. The molecular formula is C31H42FN3O7. The van der Waals surface area contributed by atoms with Crippen molar-refractivity contribution in [3.63, 3.8) is 0 Å². The van der Waals surface area contributed by atoms with E-state index in [2.05, 4.69) is 22.0 Å². The van der Waals surface area contributed by atoms with Crippen LogP contribution in [0.15, 0.2) is 35.9 Å². The molecule has 0 spiro atoms. The zero-order chi connectivity index (χ0) is 30.3. The lowest BCUT2D eigenvalue weighted by Gasteiger charge is -2.29. The van der Waals surface area contributed by atoms with Crippen molar-refractivity contribution in [2.75, 3.05) is 26.9 Å². The predicted molar refractivity (Wildman–Crippen MR) is 153 cm³/mol. The van der Waals surface area contributed by atoms with Crippen molar-refractivity contribution in [2.45, 2.75) is 94.6 Å². The van der Waals surface area contributed by atoms with Gasteiger partial charge >= 0.3 is 0 Å². The van der Waals surface area contributed by atoms with Crippen LogP contribution < -0.4 is 20.7 Å². The van der Waals surface area contributed by atoms with E-state index in [0.717, 1.165) is 30.4 Å². The Kier molecular flexibility index (Phi) is 10.4. The number of hydrogen-bond donors (Lipinski definition) is 3. The molecule has 1 aliphatic carbocycles. The molecule has 4 atom stereocenters. The molecule has 1 aromatic rings. The zero-order valence-corrected chi connectivity index (χ0v) is 24.6. The molecule has 0 unspecified atom stereocenters. The third kappa shape index (κ3) is 8.61. The molecule has 0 radical (unpaired) electrons. The van der Waals surface area contributed by atoms with Crippen LogP contribution in [0.2, 0.25) is 0 Å². The van der Waals surface area contributed by atoms with Crippen molar-refractivity contribution < 1.29 is 37.8 Å². The Morgan fingerprint density at radius 1 is 1.00 bits per heavy atom. The van der Waals surface area contributed by atoms with Gasteiger partial charge in [0.2, 0.25) is 17.7 Å². The minimum atomic E-state index is -1.67. The fraction of sp³-hybridized carbons (Fsp3) is 0.613. The Hall–Kier alpha value is -3.31. The number of ketones is 1. The molecule has 42 heavy (non-hydrogen) atoms. The van der Waals surface area contributed by atoms with Gasteiger partial charge in [-0.05, 0) is 57.2 Å². The molecule has 1 aromatic carbocycles. The largest absolute Gasteiger partial charge is 0.497 e. The first-order valence-electron chi connectivity index (χ1n) is 14.7. The van der Waals surface area contributed by atoms with Gasteiger partial charge in [0.05, 0.1) is 26.2 Å². The summed E-state index contributed by atoms with van der Waals surface area (Å²) in [6.45, 7) is 3.98. The van der Waals surface area contributed by atoms with E-state index in [0.29, 0.717) is 18.8 Å². The normalized spacial score (nSPS) is 23.1. The Balaban J connectivity index is 1.45. The monoisotopic (exact) mass is 587 g/mol. The number of rotatable bonds is 14. The average molecular weight is 588 g/mol. The number of carbonyl (C=O) groups is 4. The highest BCUT2D eigenvalue weighted by molar-refractivity contribution is 5.98. The number of methoxy groups -OCH3 is 1. The predicted octanol–water partition coefficient (Wildman–Crippen LogP) is 2.48. The molecule has 2 heterocycles. The van der Waals surface area contributed by atoms with Gasteiger partial charge in [-0.3, -0.25) is 19.2 Å². The average Bonchev–Trinajstić information content (AvgIpc) is 3.50. The summed E-state index contributed by atoms with van der Waals surface area (Å²) in [5, 5.41) is 8.17. The molecule has 3 N–H and O–H groups in total. The number of carbonyl (C=O) groups excluding carboxylic acids is 4. The smallest absolute Gasteiger partial charge is 0.243 e. The second-order valence-corrected chi connectivity index (χ2v) is 11.7. The number of nitrogens with one attached hydrogen (secondary N) is 3. The fourth-order valence-electron chi connectivity index (χ4n) is 5.35. The van der Waals surface area contributed by atoms with Crippen LogP contribution in [0.3, 0.4) is 0 Å². The number of ether oxygens (including phenoxy) is 3. The maximum atomic E-state index is 15.0. The van der Waals surface area contributed by atoms with Crippen LogP contribution in [0.1, 0.15) is 64.4 Å². The minimum Gasteiger partial charge on any atom is -0.497 e. The molecule has 0 saturated carbocycles. The van der Waals surface area contributed by atoms with E-state index in [1.807, 2.05) is 0 Å². The summed E-state index contributed by atoms with van der Waals surface area (Å²) in [5.74, 6) is -1.28. The van der Waals surface area contributed by atoms with Gasteiger partial charge in [-0.25, -0.2) is 4.39 Å². The van der Waals surface area contributed by atoms with Crippen LogP contribution in [-0.2, 0) is 35.1 Å². The van der Waals surface area contributed by atoms with Gasteiger partial charge in [0.1, 0.15) is 29.1 Å². The number of benzene rings is 1. The Labute approximate surface area is 246 Å². The number of Topliss-reactive ketones (excluding diaryl/α,β-unsaturated/α-hetero) is 1. The molecule has 2 saturated heterocycles. The van der Waals surface area contributed by atoms with Crippen LogP contribution >= 0.6 is 0 Å². The molecule has 2 fully saturated rings. The first-order chi connectivity index (χ1) is 20.0. The second-order valence-electron chi connectivity index (χ2n) is 11.7. The van der Waals surface area contributed by atoms with Crippen LogP contribution in [0.4, 0.5) is 4.39 Å². The number of hydrogen-bond acceptors (Lipinski definition) is 7. The van der Waals surface area contributed by atoms with Gasteiger partial charge in [-0.1, -0.05) is 23.8 Å².